The van der Waals surface area contributed by atoms with Crippen molar-refractivity contribution in [2.24, 2.45) is 28.4 Å². The lowest BCUT2D eigenvalue weighted by atomic mass is 9.52. The normalized spacial score (nSPS) is 50.3. The summed E-state index contributed by atoms with van der Waals surface area (Å²) in [5.74, 6) is 1.24. The van der Waals surface area contributed by atoms with Crippen LogP contribution in [0.1, 0.15) is 46.0 Å². The Morgan fingerprint density at radius 1 is 1.18 bits per heavy atom. The molecule has 4 rings (SSSR count). The van der Waals surface area contributed by atoms with E-state index in [-0.39, 0.29) is 16.9 Å². The van der Waals surface area contributed by atoms with E-state index in [4.69, 9.17) is 5.73 Å². The van der Waals surface area contributed by atoms with Crippen molar-refractivity contribution >= 4 is 0 Å². The van der Waals surface area contributed by atoms with Crippen LogP contribution in [0.2, 0.25) is 0 Å². The molecule has 3 heteroatoms. The number of allylic oxidation sites excluding steroid dienone is 3. The maximum atomic E-state index is 10.7. The summed E-state index contributed by atoms with van der Waals surface area (Å²) in [4.78, 5) is 0. The van der Waals surface area contributed by atoms with Crippen molar-refractivity contribution in [1.82, 2.24) is 0 Å². The van der Waals surface area contributed by atoms with Gasteiger partial charge in [-0.15, -0.1) is 0 Å². The summed E-state index contributed by atoms with van der Waals surface area (Å²) in [5, 5.41) is 20.7. The minimum Gasteiger partial charge on any atom is -0.508 e. The lowest BCUT2D eigenvalue weighted by Crippen LogP contribution is -2.48. The van der Waals surface area contributed by atoms with Crippen LogP contribution >= 0.6 is 0 Å². The zero-order valence-electron chi connectivity index (χ0n) is 13.5. The Morgan fingerprint density at radius 3 is 2.73 bits per heavy atom. The van der Waals surface area contributed by atoms with E-state index in [1.54, 1.807) is 0 Å². The number of hydrogen-bond acceptors (Lipinski definition) is 3. The second-order valence-corrected chi connectivity index (χ2v) is 8.26. The number of aliphatic hydroxyl groups is 2. The van der Waals surface area contributed by atoms with Gasteiger partial charge in [0.2, 0.25) is 0 Å². The molecule has 22 heavy (non-hydrogen) atoms. The van der Waals surface area contributed by atoms with Crippen LogP contribution in [0.4, 0.5) is 0 Å². The number of rotatable bonds is 0. The van der Waals surface area contributed by atoms with Crippen LogP contribution in [0.25, 0.3) is 0 Å². The first-order chi connectivity index (χ1) is 10.4. The largest absolute Gasteiger partial charge is 0.508 e. The van der Waals surface area contributed by atoms with Crippen LogP contribution in [0.15, 0.2) is 35.1 Å². The Kier molecular flexibility index (Phi) is 2.96. The molecule has 4 N–H and O–H groups in total. The summed E-state index contributed by atoms with van der Waals surface area (Å²) >= 11 is 0. The van der Waals surface area contributed by atoms with Gasteiger partial charge < -0.3 is 15.9 Å². The molecule has 0 bridgehead atoms. The van der Waals surface area contributed by atoms with Gasteiger partial charge >= 0.3 is 0 Å². The monoisotopic (exact) mass is 301 g/mol. The van der Waals surface area contributed by atoms with Gasteiger partial charge in [0.05, 0.1) is 6.10 Å². The molecule has 2 saturated carbocycles. The smallest absolute Gasteiger partial charge is 0.115 e. The van der Waals surface area contributed by atoms with Gasteiger partial charge in [0.25, 0.3) is 0 Å². The maximum absolute atomic E-state index is 10.7. The average Bonchev–Trinajstić information content (AvgIpc) is 2.77. The second-order valence-electron chi connectivity index (χ2n) is 8.26. The summed E-state index contributed by atoms with van der Waals surface area (Å²) in [6.07, 6.45) is 10.7. The average molecular weight is 301 g/mol. The summed E-state index contributed by atoms with van der Waals surface area (Å²) in [6.45, 7) is 4.59. The van der Waals surface area contributed by atoms with Crippen molar-refractivity contribution in [1.29, 1.82) is 0 Å². The van der Waals surface area contributed by atoms with Gasteiger partial charge in [-0.1, -0.05) is 31.6 Å². The zero-order chi connectivity index (χ0) is 15.7. The van der Waals surface area contributed by atoms with Gasteiger partial charge in [-0.2, -0.15) is 0 Å². The summed E-state index contributed by atoms with van der Waals surface area (Å²) in [6, 6.07) is 0.251. The molecule has 0 aromatic carbocycles. The highest BCUT2D eigenvalue weighted by molar-refractivity contribution is 5.45. The molecule has 0 aromatic rings. The van der Waals surface area contributed by atoms with Crippen molar-refractivity contribution in [3.63, 3.8) is 0 Å². The number of aliphatic hydroxyl groups excluding tert-OH is 2. The van der Waals surface area contributed by atoms with Crippen LogP contribution in [0, 0.1) is 22.7 Å². The molecule has 4 aliphatic carbocycles. The van der Waals surface area contributed by atoms with Gasteiger partial charge in [0, 0.05) is 11.5 Å². The SMILES string of the molecule is C[C@]12C=CC(O)CC1=CC(O)=C1[C@H]2CC[C@]2(C)C(N)CC[C@@H]12. The molecular weight excluding hydrogens is 274 g/mol. The van der Waals surface area contributed by atoms with Crippen LogP contribution in [-0.4, -0.2) is 22.4 Å². The van der Waals surface area contributed by atoms with Crippen LogP contribution in [0.3, 0.4) is 0 Å². The molecule has 0 heterocycles. The van der Waals surface area contributed by atoms with Crippen molar-refractivity contribution in [3.8, 4) is 0 Å². The molecule has 3 nitrogen and oxygen atoms in total. The Labute approximate surface area is 132 Å². The first kappa shape index (κ1) is 14.5. The van der Waals surface area contributed by atoms with Crippen LogP contribution in [-0.2, 0) is 0 Å². The number of fused-ring (bicyclic) bond motifs is 5. The minimum atomic E-state index is -0.414. The lowest BCUT2D eigenvalue weighted by molar-refractivity contribution is 0.102. The first-order valence-electron chi connectivity index (χ1n) is 8.63. The molecule has 0 saturated heterocycles. The fourth-order valence-electron chi connectivity index (χ4n) is 5.70. The van der Waals surface area contributed by atoms with Crippen molar-refractivity contribution in [2.75, 3.05) is 0 Å². The Morgan fingerprint density at radius 2 is 1.95 bits per heavy atom. The molecule has 0 aromatic heterocycles. The molecule has 6 atom stereocenters. The van der Waals surface area contributed by atoms with E-state index in [2.05, 4.69) is 19.9 Å². The van der Waals surface area contributed by atoms with E-state index in [0.717, 1.165) is 25.7 Å². The van der Waals surface area contributed by atoms with E-state index < -0.39 is 6.10 Å². The third-order valence-electron chi connectivity index (χ3n) is 7.25. The van der Waals surface area contributed by atoms with Crippen molar-refractivity contribution in [3.05, 3.63) is 35.1 Å². The highest BCUT2D eigenvalue weighted by atomic mass is 16.3. The molecule has 120 valence electrons. The summed E-state index contributed by atoms with van der Waals surface area (Å²) < 4.78 is 0. The summed E-state index contributed by atoms with van der Waals surface area (Å²) in [5.41, 5.74) is 8.92. The molecular formula is C19H27NO2. The van der Waals surface area contributed by atoms with Gasteiger partial charge in [0.1, 0.15) is 5.76 Å². The van der Waals surface area contributed by atoms with E-state index in [1.807, 2.05) is 12.2 Å². The lowest BCUT2D eigenvalue weighted by Gasteiger charge is -2.53. The Balaban J connectivity index is 1.83. The predicted molar refractivity (Wildman–Crippen MR) is 87.1 cm³/mol. The maximum Gasteiger partial charge on any atom is 0.115 e. The highest BCUT2D eigenvalue weighted by Gasteiger charge is 2.56. The van der Waals surface area contributed by atoms with Crippen molar-refractivity contribution in [2.45, 2.75) is 58.1 Å². The van der Waals surface area contributed by atoms with E-state index in [1.165, 1.54) is 11.1 Å². The quantitative estimate of drug-likeness (QED) is 0.602. The third-order valence-corrected chi connectivity index (χ3v) is 7.25. The van der Waals surface area contributed by atoms with Gasteiger partial charge in [-0.05, 0) is 61.0 Å². The zero-order valence-corrected chi connectivity index (χ0v) is 13.5. The minimum absolute atomic E-state index is 0.0468. The molecule has 0 aliphatic heterocycles. The molecule has 0 spiro atoms. The molecule has 2 unspecified atom stereocenters. The van der Waals surface area contributed by atoms with E-state index in [0.29, 0.717) is 24.0 Å². The van der Waals surface area contributed by atoms with Crippen LogP contribution in [0.5, 0.6) is 0 Å². The first-order valence-corrected chi connectivity index (χ1v) is 8.63. The van der Waals surface area contributed by atoms with Gasteiger partial charge in [0.15, 0.2) is 0 Å². The van der Waals surface area contributed by atoms with E-state index >= 15 is 0 Å². The van der Waals surface area contributed by atoms with Crippen LogP contribution < -0.4 is 5.73 Å². The third kappa shape index (κ3) is 1.70. The number of nitrogens with two attached hydrogens (primary N) is 1. The number of hydrogen-bond donors (Lipinski definition) is 3. The highest BCUT2D eigenvalue weighted by Crippen LogP contribution is 2.62. The Bertz CT molecular complexity index is 605. The second kappa shape index (κ2) is 4.48. The van der Waals surface area contributed by atoms with Crippen molar-refractivity contribution < 1.29 is 10.2 Å². The van der Waals surface area contributed by atoms with Gasteiger partial charge in [-0.3, -0.25) is 0 Å². The Hall–Kier alpha value is -1.06. The molecule has 4 aliphatic rings. The molecule has 2 fully saturated rings. The molecule has 0 radical (unpaired) electrons. The topological polar surface area (TPSA) is 66.5 Å². The predicted octanol–water partition coefficient (Wildman–Crippen LogP) is 3.22. The fraction of sp³-hybridized carbons (Fsp3) is 0.684. The molecule has 0 amide bonds. The fourth-order valence-corrected chi connectivity index (χ4v) is 5.70. The van der Waals surface area contributed by atoms with E-state index in [9.17, 15) is 10.2 Å². The van der Waals surface area contributed by atoms with Gasteiger partial charge in [-0.25, -0.2) is 0 Å². The summed E-state index contributed by atoms with van der Waals surface area (Å²) in [7, 11) is 0. The standard InChI is InChI=1S/C19H27NO2/c1-18-7-5-12(21)9-11(18)10-15(22)17-13-3-4-16(20)19(13,2)8-6-14(17)18/h5,7,10,12-14,16,21-22H,3-4,6,8-9,20H2,1-2H3/t12?,13-,14+,16?,18-,19-/m0/s1.